The van der Waals surface area contributed by atoms with E-state index in [1.807, 2.05) is 43.3 Å². The van der Waals surface area contributed by atoms with Crippen molar-refractivity contribution in [1.82, 2.24) is 10.6 Å². The third-order valence-corrected chi connectivity index (χ3v) is 6.17. The van der Waals surface area contributed by atoms with E-state index in [4.69, 9.17) is 27.9 Å². The van der Waals surface area contributed by atoms with E-state index < -0.39 is 5.97 Å². The second-order valence-electron chi connectivity index (χ2n) is 7.83. The van der Waals surface area contributed by atoms with Crippen LogP contribution in [0.2, 0.25) is 10.0 Å². The van der Waals surface area contributed by atoms with Crippen molar-refractivity contribution in [3.8, 4) is 5.75 Å². The molecule has 0 saturated carbocycles. The van der Waals surface area contributed by atoms with E-state index in [-0.39, 0.29) is 12.1 Å². The van der Waals surface area contributed by atoms with Crippen LogP contribution in [0.3, 0.4) is 0 Å². The van der Waals surface area contributed by atoms with E-state index in [2.05, 4.69) is 10.6 Å². The van der Waals surface area contributed by atoms with Gasteiger partial charge in [0.2, 0.25) is 0 Å². The molecule has 0 spiro atoms. The van der Waals surface area contributed by atoms with Crippen molar-refractivity contribution < 1.29 is 14.6 Å². The Hall–Kier alpha value is -2.05. The number of ether oxygens (including phenoxy) is 1. The molecule has 1 fully saturated rings. The standard InChI is InChI=1S/C23H24Cl2N2O3/c1-13-8-18(24)22(19(25)9-13)30-7-6-14-2-4-15(5-3-14)17-10-16-11-26-12-20(27-16)21(17)23(28)29/h2-5,8-9,16,20,26-27H,6-7,10-12H2,1H3,(H,28,29). The predicted octanol–water partition coefficient (Wildman–Crippen LogP) is 4.10. The quantitative estimate of drug-likeness (QED) is 0.622. The van der Waals surface area contributed by atoms with Crippen molar-refractivity contribution in [2.45, 2.75) is 31.8 Å². The number of halogens is 2. The number of hydrogen-bond donors (Lipinski definition) is 3. The molecule has 2 atom stereocenters. The second-order valence-corrected chi connectivity index (χ2v) is 8.64. The minimum atomic E-state index is -0.853. The third-order valence-electron chi connectivity index (χ3n) is 5.61. The summed E-state index contributed by atoms with van der Waals surface area (Å²) in [5, 5.41) is 17.5. The second kappa shape index (κ2) is 8.98. The van der Waals surface area contributed by atoms with Crippen LogP contribution < -0.4 is 15.4 Å². The van der Waals surface area contributed by atoms with Gasteiger partial charge < -0.3 is 20.5 Å². The molecule has 2 aromatic carbocycles. The normalized spacial score (nSPS) is 20.9. The maximum atomic E-state index is 11.9. The van der Waals surface area contributed by atoms with Crippen LogP contribution in [0.25, 0.3) is 5.57 Å². The Labute approximate surface area is 186 Å². The summed E-state index contributed by atoms with van der Waals surface area (Å²) in [7, 11) is 0. The molecule has 2 unspecified atom stereocenters. The smallest absolute Gasteiger partial charge is 0.333 e. The van der Waals surface area contributed by atoms with Crippen LogP contribution >= 0.6 is 23.2 Å². The van der Waals surface area contributed by atoms with Gasteiger partial charge in [0.05, 0.1) is 28.3 Å². The molecular formula is C23H24Cl2N2O3. The van der Waals surface area contributed by atoms with Gasteiger partial charge in [-0.15, -0.1) is 0 Å². The van der Waals surface area contributed by atoms with Crippen LogP contribution in [0.5, 0.6) is 5.75 Å². The van der Waals surface area contributed by atoms with Gasteiger partial charge in [-0.2, -0.15) is 0 Å². The van der Waals surface area contributed by atoms with Crippen molar-refractivity contribution in [2.24, 2.45) is 0 Å². The van der Waals surface area contributed by atoms with Crippen molar-refractivity contribution in [2.75, 3.05) is 19.7 Å². The number of nitrogens with one attached hydrogen (secondary N) is 2. The van der Waals surface area contributed by atoms with Crippen LogP contribution in [-0.2, 0) is 11.2 Å². The molecule has 2 aliphatic heterocycles. The molecule has 2 aliphatic rings. The Morgan fingerprint density at radius 3 is 2.53 bits per heavy atom. The maximum Gasteiger partial charge on any atom is 0.333 e. The fourth-order valence-electron chi connectivity index (χ4n) is 4.21. The number of carbonyl (C=O) groups is 1. The molecule has 30 heavy (non-hydrogen) atoms. The summed E-state index contributed by atoms with van der Waals surface area (Å²) in [5.74, 6) is -0.347. The first kappa shape index (κ1) is 21.2. The van der Waals surface area contributed by atoms with E-state index in [1.54, 1.807) is 0 Å². The molecule has 1 saturated heterocycles. The summed E-state index contributed by atoms with van der Waals surface area (Å²) in [5.41, 5.74) is 4.46. The molecule has 0 radical (unpaired) electrons. The van der Waals surface area contributed by atoms with Crippen LogP contribution in [-0.4, -0.2) is 42.9 Å². The highest BCUT2D eigenvalue weighted by molar-refractivity contribution is 6.37. The van der Waals surface area contributed by atoms with Gasteiger partial charge in [-0.25, -0.2) is 4.79 Å². The molecule has 2 aromatic rings. The molecule has 2 bridgehead atoms. The molecule has 3 N–H and O–H groups in total. The Kier molecular flexibility index (Phi) is 6.34. The van der Waals surface area contributed by atoms with Gasteiger partial charge in [-0.3, -0.25) is 0 Å². The first-order valence-corrected chi connectivity index (χ1v) is 10.8. The Morgan fingerprint density at radius 1 is 1.17 bits per heavy atom. The molecular weight excluding hydrogens is 423 g/mol. The highest BCUT2D eigenvalue weighted by Crippen LogP contribution is 2.34. The van der Waals surface area contributed by atoms with Crippen LogP contribution in [0.1, 0.15) is 23.1 Å². The number of hydrogen-bond acceptors (Lipinski definition) is 4. The predicted molar refractivity (Wildman–Crippen MR) is 120 cm³/mol. The van der Waals surface area contributed by atoms with Crippen molar-refractivity contribution in [1.29, 1.82) is 0 Å². The minimum absolute atomic E-state index is 0.151. The number of carboxylic acids is 1. The Balaban J connectivity index is 1.46. The first-order valence-electron chi connectivity index (χ1n) is 10.0. The fourth-order valence-corrected chi connectivity index (χ4v) is 4.91. The minimum Gasteiger partial charge on any atom is -0.490 e. The largest absolute Gasteiger partial charge is 0.490 e. The lowest BCUT2D eigenvalue weighted by atomic mass is 9.84. The summed E-state index contributed by atoms with van der Waals surface area (Å²) < 4.78 is 5.81. The molecule has 2 heterocycles. The zero-order valence-corrected chi connectivity index (χ0v) is 18.2. The van der Waals surface area contributed by atoms with Gasteiger partial charge >= 0.3 is 5.97 Å². The summed E-state index contributed by atoms with van der Waals surface area (Å²) in [6.07, 6.45) is 1.40. The summed E-state index contributed by atoms with van der Waals surface area (Å²) in [6, 6.07) is 11.8. The number of piperazine rings is 1. The molecule has 7 heteroatoms. The average Bonchev–Trinajstić information content (AvgIpc) is 2.70. The Bertz CT molecular complexity index is 965. The summed E-state index contributed by atoms with van der Waals surface area (Å²) in [4.78, 5) is 11.9. The van der Waals surface area contributed by atoms with E-state index in [0.29, 0.717) is 47.4 Å². The molecule has 0 aliphatic carbocycles. The van der Waals surface area contributed by atoms with Crippen molar-refractivity contribution in [3.05, 3.63) is 68.7 Å². The van der Waals surface area contributed by atoms with E-state index in [1.165, 1.54) is 0 Å². The van der Waals surface area contributed by atoms with Crippen LogP contribution in [0, 0.1) is 6.92 Å². The molecule has 4 rings (SSSR count). The zero-order chi connectivity index (χ0) is 21.3. The molecule has 0 amide bonds. The highest BCUT2D eigenvalue weighted by Gasteiger charge is 2.35. The SMILES string of the molecule is Cc1cc(Cl)c(OCCc2ccc(C3=C(C(=O)O)C4CNCC(C3)N4)cc2)c(Cl)c1. The lowest BCUT2D eigenvalue weighted by Crippen LogP contribution is -2.58. The highest BCUT2D eigenvalue weighted by atomic mass is 35.5. The number of aryl methyl sites for hydroxylation is 1. The topological polar surface area (TPSA) is 70.6 Å². The summed E-state index contributed by atoms with van der Waals surface area (Å²) >= 11 is 12.5. The number of aliphatic carboxylic acids is 1. The lowest BCUT2D eigenvalue weighted by Gasteiger charge is -2.38. The maximum absolute atomic E-state index is 11.9. The van der Waals surface area contributed by atoms with Crippen LogP contribution in [0.4, 0.5) is 0 Å². The third kappa shape index (κ3) is 4.49. The first-order chi connectivity index (χ1) is 14.4. The van der Waals surface area contributed by atoms with Crippen molar-refractivity contribution >= 4 is 34.7 Å². The van der Waals surface area contributed by atoms with Gasteiger partial charge in [-0.05, 0) is 47.7 Å². The van der Waals surface area contributed by atoms with E-state index >= 15 is 0 Å². The van der Waals surface area contributed by atoms with Crippen LogP contribution in [0.15, 0.2) is 42.0 Å². The summed E-state index contributed by atoms with van der Waals surface area (Å²) in [6.45, 7) is 3.87. The number of benzene rings is 2. The van der Waals surface area contributed by atoms with Gasteiger partial charge in [0.15, 0.2) is 5.75 Å². The number of carboxylic acid groups (broad SMARTS) is 1. The number of rotatable bonds is 6. The van der Waals surface area contributed by atoms with Crippen molar-refractivity contribution in [3.63, 3.8) is 0 Å². The van der Waals surface area contributed by atoms with Gasteiger partial charge in [0, 0.05) is 25.6 Å². The van der Waals surface area contributed by atoms with E-state index in [0.717, 1.165) is 28.8 Å². The zero-order valence-electron chi connectivity index (χ0n) is 16.7. The fraction of sp³-hybridized carbons (Fsp3) is 0.348. The Morgan fingerprint density at radius 2 is 1.87 bits per heavy atom. The van der Waals surface area contributed by atoms with E-state index in [9.17, 15) is 9.90 Å². The van der Waals surface area contributed by atoms with Gasteiger partial charge in [0.25, 0.3) is 0 Å². The molecule has 5 nitrogen and oxygen atoms in total. The van der Waals surface area contributed by atoms with Gasteiger partial charge in [0.1, 0.15) is 0 Å². The number of fused-ring (bicyclic) bond motifs is 2. The lowest BCUT2D eigenvalue weighted by molar-refractivity contribution is -0.133. The monoisotopic (exact) mass is 446 g/mol. The molecule has 0 aromatic heterocycles. The average molecular weight is 447 g/mol. The molecule has 158 valence electrons. The van der Waals surface area contributed by atoms with Gasteiger partial charge in [-0.1, -0.05) is 47.5 Å².